The lowest BCUT2D eigenvalue weighted by atomic mass is 9.86. The minimum atomic E-state index is -1.98. The molecule has 4 nitrogen and oxygen atoms in total. The number of carbonyl (C=O) groups is 1. The van der Waals surface area contributed by atoms with E-state index in [0.29, 0.717) is 16.3 Å². The van der Waals surface area contributed by atoms with Crippen molar-refractivity contribution in [3.63, 3.8) is 0 Å². The van der Waals surface area contributed by atoms with E-state index in [9.17, 15) is 4.79 Å². The number of hydrogen-bond donors (Lipinski definition) is 1. The number of anilines is 1. The number of nitrogens with two attached hydrogens (primary N) is 1. The van der Waals surface area contributed by atoms with Crippen molar-refractivity contribution < 1.29 is 13.6 Å². The number of carbonyl (C=O) groups excluding carboxylic acids is 1. The highest BCUT2D eigenvalue weighted by Gasteiger charge is 2.41. The smallest absolute Gasteiger partial charge is 0.244 e. The van der Waals surface area contributed by atoms with E-state index in [0.717, 1.165) is 11.1 Å². The van der Waals surface area contributed by atoms with E-state index in [1.807, 2.05) is 26.8 Å². The van der Waals surface area contributed by atoms with Gasteiger partial charge in [-0.3, -0.25) is 9.78 Å². The van der Waals surface area contributed by atoms with Gasteiger partial charge in [0.25, 0.3) is 0 Å². The van der Waals surface area contributed by atoms with E-state index in [-0.39, 0.29) is 29.5 Å². The number of hydrogen-bond acceptors (Lipinski definition) is 3. The molecule has 2 N–H and O–H groups in total. The maximum absolute atomic E-state index is 15.8. The third kappa shape index (κ3) is 4.70. The molecule has 3 aromatic rings. The molecule has 1 unspecified atom stereocenters. The second-order valence-electron chi connectivity index (χ2n) is 10.1. The molecule has 34 heavy (non-hydrogen) atoms. The molecule has 7 heteroatoms. The zero-order valence-electron chi connectivity index (χ0n) is 19.7. The number of alkyl halides is 1. The first kappa shape index (κ1) is 24.3. The number of aromatic nitrogens is 1. The SMILES string of the molecule is CC(C)(C)c1cncc(-c2cc3c(cc2F)C(C)(F)C[C@@H](N)C(=O)N3Cc2ccc(Cl)cc2)c1. The normalized spacial score (nSPS) is 20.8. The Bertz CT molecular complexity index is 1240. The summed E-state index contributed by atoms with van der Waals surface area (Å²) in [5, 5.41) is 0.565. The van der Waals surface area contributed by atoms with E-state index >= 15 is 8.78 Å². The van der Waals surface area contributed by atoms with Crippen LogP contribution < -0.4 is 10.6 Å². The van der Waals surface area contributed by atoms with Gasteiger partial charge in [0.2, 0.25) is 5.91 Å². The van der Waals surface area contributed by atoms with Gasteiger partial charge in [0.1, 0.15) is 11.5 Å². The van der Waals surface area contributed by atoms with E-state index in [4.69, 9.17) is 17.3 Å². The summed E-state index contributed by atoms with van der Waals surface area (Å²) in [6.45, 7) is 7.63. The zero-order valence-corrected chi connectivity index (χ0v) is 20.5. The highest BCUT2D eigenvalue weighted by atomic mass is 35.5. The molecule has 0 spiro atoms. The monoisotopic (exact) mass is 483 g/mol. The van der Waals surface area contributed by atoms with Crippen molar-refractivity contribution in [2.75, 3.05) is 4.90 Å². The summed E-state index contributed by atoms with van der Waals surface area (Å²) in [6, 6.07) is 10.6. The number of amides is 1. The van der Waals surface area contributed by atoms with Crippen LogP contribution in [-0.4, -0.2) is 16.9 Å². The predicted molar refractivity (Wildman–Crippen MR) is 132 cm³/mol. The molecular formula is C27H28ClF2N3O. The largest absolute Gasteiger partial charge is 0.320 e. The Balaban J connectivity index is 1.90. The van der Waals surface area contributed by atoms with Crippen molar-refractivity contribution in [3.05, 3.63) is 82.4 Å². The minimum absolute atomic E-state index is 0.101. The number of pyridine rings is 1. The zero-order chi connectivity index (χ0) is 24.8. The summed E-state index contributed by atoms with van der Waals surface area (Å²) in [6.07, 6.45) is 3.08. The summed E-state index contributed by atoms with van der Waals surface area (Å²) >= 11 is 6.00. The van der Waals surface area contributed by atoms with Gasteiger partial charge in [0.15, 0.2) is 0 Å². The van der Waals surface area contributed by atoms with Crippen LogP contribution in [0.5, 0.6) is 0 Å². The first-order valence-electron chi connectivity index (χ1n) is 11.2. The molecule has 178 valence electrons. The molecule has 1 aromatic heterocycles. The third-order valence-corrected chi connectivity index (χ3v) is 6.55. The van der Waals surface area contributed by atoms with Crippen molar-refractivity contribution in [2.45, 2.75) is 57.8 Å². The van der Waals surface area contributed by atoms with Crippen LogP contribution in [0.25, 0.3) is 11.1 Å². The molecule has 2 atom stereocenters. The first-order chi connectivity index (χ1) is 15.9. The van der Waals surface area contributed by atoms with Crippen LogP contribution in [0.3, 0.4) is 0 Å². The summed E-state index contributed by atoms with van der Waals surface area (Å²) < 4.78 is 31.2. The van der Waals surface area contributed by atoms with Gasteiger partial charge in [-0.1, -0.05) is 44.5 Å². The molecule has 1 aliphatic heterocycles. The van der Waals surface area contributed by atoms with Gasteiger partial charge in [-0.25, -0.2) is 8.78 Å². The molecule has 1 amide bonds. The highest BCUT2D eigenvalue weighted by Crippen LogP contribution is 2.44. The van der Waals surface area contributed by atoms with Crippen LogP contribution >= 0.6 is 11.6 Å². The maximum atomic E-state index is 15.8. The van der Waals surface area contributed by atoms with Gasteiger partial charge in [-0.05, 0) is 53.8 Å². The number of fused-ring (bicyclic) bond motifs is 1. The molecule has 0 fully saturated rings. The molecular weight excluding hydrogens is 456 g/mol. The Hall–Kier alpha value is -2.83. The molecule has 0 saturated carbocycles. The van der Waals surface area contributed by atoms with Gasteiger partial charge in [-0.2, -0.15) is 0 Å². The maximum Gasteiger partial charge on any atom is 0.244 e. The summed E-state index contributed by atoms with van der Waals surface area (Å²) in [7, 11) is 0. The van der Waals surface area contributed by atoms with Gasteiger partial charge >= 0.3 is 0 Å². The molecule has 0 saturated heterocycles. The first-order valence-corrected chi connectivity index (χ1v) is 11.5. The van der Waals surface area contributed by atoms with Gasteiger partial charge in [0, 0.05) is 40.5 Å². The van der Waals surface area contributed by atoms with Crippen LogP contribution in [0.15, 0.2) is 54.9 Å². The lowest BCUT2D eigenvalue weighted by molar-refractivity contribution is -0.120. The molecule has 4 rings (SSSR count). The number of rotatable bonds is 3. The average Bonchev–Trinajstić information content (AvgIpc) is 2.83. The van der Waals surface area contributed by atoms with Crippen molar-refractivity contribution in [1.82, 2.24) is 4.98 Å². The van der Waals surface area contributed by atoms with Crippen molar-refractivity contribution >= 4 is 23.2 Å². The van der Waals surface area contributed by atoms with Gasteiger partial charge < -0.3 is 10.6 Å². The van der Waals surface area contributed by atoms with E-state index in [1.54, 1.807) is 36.7 Å². The van der Waals surface area contributed by atoms with Crippen LogP contribution in [0, 0.1) is 5.82 Å². The topological polar surface area (TPSA) is 59.2 Å². The highest BCUT2D eigenvalue weighted by molar-refractivity contribution is 6.30. The van der Waals surface area contributed by atoms with Gasteiger partial charge in [0.05, 0.1) is 18.3 Å². The quantitative estimate of drug-likeness (QED) is 0.476. The Morgan fingerprint density at radius 3 is 2.50 bits per heavy atom. The number of halogens is 3. The molecule has 0 radical (unpaired) electrons. The lowest BCUT2D eigenvalue weighted by Crippen LogP contribution is -2.43. The fourth-order valence-corrected chi connectivity index (χ4v) is 4.41. The van der Waals surface area contributed by atoms with E-state index in [2.05, 4.69) is 4.98 Å². The van der Waals surface area contributed by atoms with Gasteiger partial charge in [-0.15, -0.1) is 0 Å². The fraction of sp³-hybridized carbons (Fsp3) is 0.333. The number of nitrogens with zero attached hydrogens (tertiary/aromatic N) is 2. The molecule has 0 bridgehead atoms. The van der Waals surface area contributed by atoms with Crippen LogP contribution in [0.2, 0.25) is 5.02 Å². The lowest BCUT2D eigenvalue weighted by Gasteiger charge is -2.27. The van der Waals surface area contributed by atoms with Crippen molar-refractivity contribution in [3.8, 4) is 11.1 Å². The van der Waals surface area contributed by atoms with Crippen LogP contribution in [-0.2, 0) is 22.4 Å². The Morgan fingerprint density at radius 2 is 1.85 bits per heavy atom. The third-order valence-electron chi connectivity index (χ3n) is 6.29. The Kier molecular flexibility index (Phi) is 6.25. The predicted octanol–water partition coefficient (Wildman–Crippen LogP) is 6.29. The fourth-order valence-electron chi connectivity index (χ4n) is 4.29. The van der Waals surface area contributed by atoms with Crippen molar-refractivity contribution in [1.29, 1.82) is 0 Å². The summed E-state index contributed by atoms with van der Waals surface area (Å²) in [4.78, 5) is 19.0. The molecule has 1 aliphatic rings. The summed E-state index contributed by atoms with van der Waals surface area (Å²) in [5.74, 6) is -0.999. The molecule has 0 aliphatic carbocycles. The standard InChI is InChI=1S/C27H28ClF2N3O/c1-26(2,3)18-9-17(13-32-14-18)20-10-24-21(11-22(20)29)27(4,30)12-23(31)25(34)33(24)15-16-5-7-19(28)8-6-16/h5-11,13-14,23H,12,15,31H2,1-4H3/t23-,27?/m1/s1. The molecule has 2 aromatic carbocycles. The van der Waals surface area contributed by atoms with Crippen LogP contribution in [0.4, 0.5) is 14.5 Å². The average molecular weight is 484 g/mol. The minimum Gasteiger partial charge on any atom is -0.320 e. The van der Waals surface area contributed by atoms with E-state index < -0.39 is 23.4 Å². The van der Waals surface area contributed by atoms with Crippen molar-refractivity contribution in [2.24, 2.45) is 5.73 Å². The van der Waals surface area contributed by atoms with E-state index in [1.165, 1.54) is 24.0 Å². The van der Waals surface area contributed by atoms with Crippen LogP contribution in [0.1, 0.15) is 50.8 Å². The summed E-state index contributed by atoms with van der Waals surface area (Å²) in [5.41, 5.74) is 6.86. The second-order valence-corrected chi connectivity index (χ2v) is 10.6. The molecule has 2 heterocycles. The second kappa shape index (κ2) is 8.75. The Morgan fingerprint density at radius 1 is 1.18 bits per heavy atom. The number of benzene rings is 2. The Labute approximate surface area is 203 Å².